The molecule has 0 aromatic rings. The van der Waals surface area contributed by atoms with Crippen LogP contribution in [0.25, 0.3) is 0 Å². The van der Waals surface area contributed by atoms with Crippen LogP contribution in [-0.4, -0.2) is 44.7 Å². The van der Waals surface area contributed by atoms with Gasteiger partial charge in [-0.2, -0.15) is 21.6 Å². The molecule has 0 aromatic carbocycles. The third-order valence-electron chi connectivity index (χ3n) is 1.25. The van der Waals surface area contributed by atoms with E-state index < -0.39 is 15.6 Å². The number of nitrogens with one attached hydrogen (secondary N) is 2. The number of halogens is 3. The summed E-state index contributed by atoms with van der Waals surface area (Å²) < 4.78 is 57.5. The SMILES string of the molecule is C1CNCCN1.O=S(=O)(O)C(F)(F)F. The van der Waals surface area contributed by atoms with Crippen LogP contribution in [0.2, 0.25) is 0 Å². The third-order valence-corrected chi connectivity index (χ3v) is 1.83. The van der Waals surface area contributed by atoms with E-state index in [1.165, 1.54) is 0 Å². The second-order valence-corrected chi connectivity index (χ2v) is 3.83. The molecule has 1 heterocycles. The van der Waals surface area contributed by atoms with Gasteiger partial charge in [-0.25, -0.2) is 0 Å². The maximum Gasteiger partial charge on any atom is 0.522 e. The van der Waals surface area contributed by atoms with Gasteiger partial charge in [-0.1, -0.05) is 0 Å². The Morgan fingerprint density at radius 2 is 1.21 bits per heavy atom. The van der Waals surface area contributed by atoms with E-state index in [1.54, 1.807) is 0 Å². The standard InChI is InChI=1S/C4H10N2.CHF3O3S/c1-2-6-4-3-5-1;2-1(3,4)8(5,6)7/h5-6H,1-4H2;(H,5,6,7). The molecule has 1 aliphatic heterocycles. The summed E-state index contributed by atoms with van der Waals surface area (Å²) in [5.41, 5.74) is -5.53. The first-order chi connectivity index (χ1) is 6.25. The molecule has 0 saturated carbocycles. The highest BCUT2D eigenvalue weighted by atomic mass is 32.2. The zero-order chi connectivity index (χ0) is 11.2. The van der Waals surface area contributed by atoms with Gasteiger partial charge in [0.25, 0.3) is 0 Å². The van der Waals surface area contributed by atoms with E-state index >= 15 is 0 Å². The Hall–Kier alpha value is -0.380. The highest BCUT2D eigenvalue weighted by Gasteiger charge is 2.44. The van der Waals surface area contributed by atoms with E-state index in [0.717, 1.165) is 26.2 Å². The van der Waals surface area contributed by atoms with Gasteiger partial charge in [0.2, 0.25) is 0 Å². The number of alkyl halides is 3. The highest BCUT2D eigenvalue weighted by molar-refractivity contribution is 7.86. The fraction of sp³-hybridized carbons (Fsp3) is 1.00. The molecule has 0 atom stereocenters. The van der Waals surface area contributed by atoms with Crippen LogP contribution in [0.5, 0.6) is 0 Å². The molecule has 0 unspecified atom stereocenters. The van der Waals surface area contributed by atoms with Gasteiger partial charge >= 0.3 is 15.6 Å². The molecule has 0 aromatic heterocycles. The molecule has 9 heteroatoms. The molecule has 0 radical (unpaired) electrons. The average molecular weight is 236 g/mol. The molecular formula is C5H11F3N2O3S. The summed E-state index contributed by atoms with van der Waals surface area (Å²) in [6.07, 6.45) is 0. The minimum atomic E-state index is -5.84. The Labute approximate surface area is 79.4 Å². The molecule has 1 rings (SSSR count). The quantitative estimate of drug-likeness (QED) is 0.393. The zero-order valence-electron chi connectivity index (χ0n) is 7.13. The van der Waals surface area contributed by atoms with Crippen LogP contribution in [-0.2, 0) is 10.1 Å². The lowest BCUT2D eigenvalue weighted by molar-refractivity contribution is -0.0510. The van der Waals surface area contributed by atoms with Crippen molar-refractivity contribution in [2.45, 2.75) is 5.51 Å². The van der Waals surface area contributed by atoms with Crippen LogP contribution in [0.15, 0.2) is 0 Å². The summed E-state index contributed by atoms with van der Waals surface area (Å²) in [4.78, 5) is 0. The maximum atomic E-state index is 10.7. The normalized spacial score (nSPS) is 18.3. The van der Waals surface area contributed by atoms with E-state index in [1.807, 2.05) is 0 Å². The van der Waals surface area contributed by atoms with E-state index in [4.69, 9.17) is 13.0 Å². The zero-order valence-corrected chi connectivity index (χ0v) is 7.95. The Balaban J connectivity index is 0.000000249. The fourth-order valence-electron chi connectivity index (χ4n) is 0.604. The lowest BCUT2D eigenvalue weighted by Gasteiger charge is -2.11. The molecule has 0 aliphatic carbocycles. The van der Waals surface area contributed by atoms with Crippen molar-refractivity contribution in [1.82, 2.24) is 10.6 Å². The van der Waals surface area contributed by atoms with Gasteiger partial charge in [0.15, 0.2) is 0 Å². The van der Waals surface area contributed by atoms with Crippen LogP contribution in [0.4, 0.5) is 13.2 Å². The largest absolute Gasteiger partial charge is 0.522 e. The Morgan fingerprint density at radius 3 is 1.29 bits per heavy atom. The summed E-state index contributed by atoms with van der Waals surface area (Å²) in [7, 11) is -5.84. The van der Waals surface area contributed by atoms with Gasteiger partial charge in [-0.3, -0.25) is 4.55 Å². The molecule has 1 aliphatic rings. The van der Waals surface area contributed by atoms with E-state index in [2.05, 4.69) is 10.6 Å². The molecule has 0 spiro atoms. The van der Waals surface area contributed by atoms with Crippen LogP contribution in [0.1, 0.15) is 0 Å². The average Bonchev–Trinajstić information content (AvgIpc) is 2.05. The molecule has 0 bridgehead atoms. The summed E-state index contributed by atoms with van der Waals surface area (Å²) in [5, 5.41) is 6.44. The summed E-state index contributed by atoms with van der Waals surface area (Å²) in [5.74, 6) is 0. The van der Waals surface area contributed by atoms with Crippen molar-refractivity contribution >= 4 is 10.1 Å². The van der Waals surface area contributed by atoms with Gasteiger partial charge in [-0.05, 0) is 0 Å². The number of rotatable bonds is 0. The van der Waals surface area contributed by atoms with Gasteiger partial charge in [0.1, 0.15) is 0 Å². The fourth-order valence-corrected chi connectivity index (χ4v) is 0.604. The van der Waals surface area contributed by atoms with Crippen molar-refractivity contribution in [3.63, 3.8) is 0 Å². The minimum absolute atomic E-state index is 1.14. The predicted octanol–water partition coefficient (Wildman–Crippen LogP) is -0.427. The number of piperazine rings is 1. The monoisotopic (exact) mass is 236 g/mol. The van der Waals surface area contributed by atoms with Crippen molar-refractivity contribution in [3.8, 4) is 0 Å². The lowest BCUT2D eigenvalue weighted by Crippen LogP contribution is -2.39. The molecule has 1 fully saturated rings. The Morgan fingerprint density at radius 1 is 1.00 bits per heavy atom. The second kappa shape index (κ2) is 5.49. The van der Waals surface area contributed by atoms with Crippen LogP contribution < -0.4 is 10.6 Å². The lowest BCUT2D eigenvalue weighted by atomic mass is 10.4. The smallest absolute Gasteiger partial charge is 0.314 e. The molecule has 3 N–H and O–H groups in total. The molecule has 86 valence electrons. The van der Waals surface area contributed by atoms with Crippen molar-refractivity contribution in [2.75, 3.05) is 26.2 Å². The summed E-state index contributed by atoms with van der Waals surface area (Å²) in [6, 6.07) is 0. The van der Waals surface area contributed by atoms with Crippen molar-refractivity contribution in [3.05, 3.63) is 0 Å². The van der Waals surface area contributed by atoms with E-state index in [-0.39, 0.29) is 0 Å². The predicted molar refractivity (Wildman–Crippen MR) is 43.3 cm³/mol. The molecule has 14 heavy (non-hydrogen) atoms. The van der Waals surface area contributed by atoms with Gasteiger partial charge < -0.3 is 10.6 Å². The first-order valence-corrected chi connectivity index (χ1v) is 5.14. The third kappa shape index (κ3) is 6.13. The van der Waals surface area contributed by atoms with Crippen LogP contribution >= 0.6 is 0 Å². The number of hydrogen-bond donors (Lipinski definition) is 3. The summed E-state index contributed by atoms with van der Waals surface area (Å²) >= 11 is 0. The molecular weight excluding hydrogens is 225 g/mol. The topological polar surface area (TPSA) is 78.4 Å². The van der Waals surface area contributed by atoms with Crippen molar-refractivity contribution in [1.29, 1.82) is 0 Å². The van der Waals surface area contributed by atoms with E-state index in [9.17, 15) is 13.2 Å². The van der Waals surface area contributed by atoms with E-state index in [0.29, 0.717) is 0 Å². The van der Waals surface area contributed by atoms with Gasteiger partial charge in [0, 0.05) is 26.2 Å². The Bertz CT molecular complexity index is 236. The highest BCUT2D eigenvalue weighted by Crippen LogP contribution is 2.20. The molecule has 5 nitrogen and oxygen atoms in total. The van der Waals surface area contributed by atoms with Crippen molar-refractivity contribution < 1.29 is 26.1 Å². The van der Waals surface area contributed by atoms with Crippen LogP contribution in [0.3, 0.4) is 0 Å². The first kappa shape index (κ1) is 13.6. The second-order valence-electron chi connectivity index (χ2n) is 2.42. The molecule has 1 saturated heterocycles. The van der Waals surface area contributed by atoms with Gasteiger partial charge in [-0.15, -0.1) is 0 Å². The Kier molecular flexibility index (Phi) is 5.34. The summed E-state index contributed by atoms with van der Waals surface area (Å²) in [6.45, 7) is 4.56. The van der Waals surface area contributed by atoms with Gasteiger partial charge in [0.05, 0.1) is 0 Å². The molecule has 0 amide bonds. The minimum Gasteiger partial charge on any atom is -0.314 e. The number of hydrogen-bond acceptors (Lipinski definition) is 4. The van der Waals surface area contributed by atoms with Crippen molar-refractivity contribution in [2.24, 2.45) is 0 Å². The maximum absolute atomic E-state index is 10.7. The first-order valence-electron chi connectivity index (χ1n) is 3.70. The van der Waals surface area contributed by atoms with Crippen LogP contribution in [0, 0.1) is 0 Å².